The molecule has 0 saturated heterocycles. The van der Waals surface area contributed by atoms with Crippen molar-refractivity contribution in [3.05, 3.63) is 100 Å². The van der Waals surface area contributed by atoms with E-state index in [1.54, 1.807) is 24.3 Å². The van der Waals surface area contributed by atoms with Crippen LogP contribution >= 0.6 is 11.6 Å². The molecule has 2 aliphatic rings. The van der Waals surface area contributed by atoms with Crippen LogP contribution in [0, 0.1) is 5.92 Å². The highest BCUT2D eigenvalue weighted by molar-refractivity contribution is 6.47. The van der Waals surface area contributed by atoms with Gasteiger partial charge in [0, 0.05) is 11.1 Å². The summed E-state index contributed by atoms with van der Waals surface area (Å²) in [6.45, 7) is 2.38. The second-order valence-corrected chi connectivity index (χ2v) is 10.4. The fourth-order valence-electron chi connectivity index (χ4n) is 4.88. The fourth-order valence-corrected chi connectivity index (χ4v) is 5.11. The summed E-state index contributed by atoms with van der Waals surface area (Å²) in [6.07, 6.45) is 1.70. The highest BCUT2D eigenvalue weighted by atomic mass is 35.5. The first kappa shape index (κ1) is 27.2. The zero-order chi connectivity index (χ0) is 28.2. The molecule has 1 aliphatic carbocycles. The summed E-state index contributed by atoms with van der Waals surface area (Å²) in [4.78, 5) is 32.8. The van der Waals surface area contributed by atoms with Gasteiger partial charge in [-0.3, -0.25) is 14.6 Å². The van der Waals surface area contributed by atoms with Crippen molar-refractivity contribution in [1.29, 1.82) is 0 Å². The zero-order valence-corrected chi connectivity index (χ0v) is 22.8. The summed E-state index contributed by atoms with van der Waals surface area (Å²) >= 11 is 6.54. The van der Waals surface area contributed by atoms with E-state index in [1.807, 2.05) is 60.4 Å². The second kappa shape index (κ2) is 11.8. The first-order valence-corrected chi connectivity index (χ1v) is 13.5. The maximum Gasteiger partial charge on any atom is 0.274 e. The minimum atomic E-state index is -0.345. The van der Waals surface area contributed by atoms with Crippen molar-refractivity contribution >= 4 is 35.0 Å². The van der Waals surface area contributed by atoms with Gasteiger partial charge in [0.1, 0.15) is 30.1 Å². The molecule has 10 heteroatoms. The van der Waals surface area contributed by atoms with Gasteiger partial charge in [0.2, 0.25) is 0 Å². The van der Waals surface area contributed by atoms with Crippen molar-refractivity contribution in [1.82, 2.24) is 10.2 Å². The SMILES string of the molecule is CC1N=C(c2ccc(OCc3ccccc3)c(Cl)c2)C(=O)N1[C@@H](c1ccc(C(=O)NC/C(N)=N/N)cc1)C1CC1. The molecule has 5 N–H and O–H groups in total. The van der Waals surface area contributed by atoms with Gasteiger partial charge in [-0.2, -0.15) is 5.10 Å². The van der Waals surface area contributed by atoms with E-state index in [-0.39, 0.29) is 36.4 Å². The first-order chi connectivity index (χ1) is 19.4. The molecule has 1 fully saturated rings. The Morgan fingerprint density at radius 3 is 2.52 bits per heavy atom. The number of carbonyl (C=O) groups excluding carboxylic acids is 2. The fraction of sp³-hybridized carbons (Fsp3) is 0.267. The molecule has 0 spiro atoms. The molecule has 0 bridgehead atoms. The average molecular weight is 559 g/mol. The quantitative estimate of drug-likeness (QED) is 0.149. The number of nitrogens with zero attached hydrogens (tertiary/aromatic N) is 3. The maximum atomic E-state index is 13.7. The van der Waals surface area contributed by atoms with Crippen molar-refractivity contribution in [2.24, 2.45) is 27.6 Å². The van der Waals surface area contributed by atoms with E-state index >= 15 is 0 Å². The van der Waals surface area contributed by atoms with Gasteiger partial charge in [0.05, 0.1) is 17.6 Å². The molecule has 3 aromatic carbocycles. The second-order valence-electron chi connectivity index (χ2n) is 9.95. The molecule has 9 nitrogen and oxygen atoms in total. The predicted octanol–water partition coefficient (Wildman–Crippen LogP) is 4.01. The Balaban J connectivity index is 1.30. The maximum absolute atomic E-state index is 13.7. The lowest BCUT2D eigenvalue weighted by atomic mass is 9.98. The minimum absolute atomic E-state index is 0.0614. The molecule has 1 saturated carbocycles. The molecule has 40 heavy (non-hydrogen) atoms. The number of hydrogen-bond acceptors (Lipinski definition) is 6. The van der Waals surface area contributed by atoms with Gasteiger partial charge in [0.25, 0.3) is 11.8 Å². The summed E-state index contributed by atoms with van der Waals surface area (Å²) in [5, 5.41) is 6.44. The lowest BCUT2D eigenvalue weighted by Crippen LogP contribution is -2.39. The number of aliphatic imine (C=N–C) groups is 1. The van der Waals surface area contributed by atoms with Crippen LogP contribution in [0.5, 0.6) is 5.75 Å². The summed E-state index contributed by atoms with van der Waals surface area (Å²) in [5.74, 6) is 5.70. The van der Waals surface area contributed by atoms with E-state index in [0.717, 1.165) is 24.0 Å². The number of hydrogen-bond donors (Lipinski definition) is 3. The van der Waals surface area contributed by atoms with Gasteiger partial charge in [-0.1, -0.05) is 54.1 Å². The number of amides is 2. The number of hydrazone groups is 1. The molecule has 2 atom stereocenters. The normalized spacial score (nSPS) is 17.9. The van der Waals surface area contributed by atoms with Gasteiger partial charge in [-0.05, 0) is 67.1 Å². The molecule has 0 aromatic heterocycles. The number of nitrogens with one attached hydrogen (secondary N) is 1. The topological polar surface area (TPSA) is 135 Å². The number of halogens is 1. The number of ether oxygens (including phenoxy) is 1. The van der Waals surface area contributed by atoms with Crippen LogP contribution in [0.1, 0.15) is 52.9 Å². The number of amidine groups is 1. The standard InChI is InChI=1S/C30H31ClN6O3/c1-18-35-27(23-13-14-25(24(31)15-23)40-17-19-5-3-2-4-6-19)30(39)37(18)28(20-7-8-20)21-9-11-22(12-10-21)29(38)34-16-26(32)36-33/h2-6,9-15,18,20,28H,7-8,16-17,33H2,1H3,(H2,32,36)(H,34,38)/t18?,28-/m1/s1. The first-order valence-electron chi connectivity index (χ1n) is 13.1. The number of benzene rings is 3. The molecule has 5 rings (SSSR count). The molecule has 206 valence electrons. The monoisotopic (exact) mass is 558 g/mol. The minimum Gasteiger partial charge on any atom is -0.487 e. The molecule has 1 unspecified atom stereocenters. The molecule has 3 aromatic rings. The van der Waals surface area contributed by atoms with Crippen LogP contribution in [0.3, 0.4) is 0 Å². The Kier molecular flexibility index (Phi) is 8.02. The van der Waals surface area contributed by atoms with Crippen LogP contribution in [0.2, 0.25) is 5.02 Å². The van der Waals surface area contributed by atoms with Gasteiger partial charge in [-0.25, -0.2) is 0 Å². The Hall–Kier alpha value is -4.37. The highest BCUT2D eigenvalue weighted by Crippen LogP contribution is 2.46. The van der Waals surface area contributed by atoms with Crippen LogP contribution in [0.15, 0.2) is 82.9 Å². The number of carbonyl (C=O) groups is 2. The van der Waals surface area contributed by atoms with Gasteiger partial charge in [-0.15, -0.1) is 0 Å². The van der Waals surface area contributed by atoms with Gasteiger partial charge in [0.15, 0.2) is 0 Å². The van der Waals surface area contributed by atoms with E-state index < -0.39 is 0 Å². The van der Waals surface area contributed by atoms with Crippen molar-refractivity contribution in [2.45, 2.75) is 38.6 Å². The summed E-state index contributed by atoms with van der Waals surface area (Å²) in [6, 6.07) is 22.3. The van der Waals surface area contributed by atoms with E-state index in [1.165, 1.54) is 0 Å². The number of rotatable bonds is 10. The van der Waals surface area contributed by atoms with E-state index in [2.05, 4.69) is 10.4 Å². The Bertz CT molecular complexity index is 1450. The highest BCUT2D eigenvalue weighted by Gasteiger charge is 2.44. The lowest BCUT2D eigenvalue weighted by molar-refractivity contribution is -0.127. The van der Waals surface area contributed by atoms with Crippen molar-refractivity contribution in [2.75, 3.05) is 6.54 Å². The number of nitrogens with two attached hydrogens (primary N) is 2. The third-order valence-electron chi connectivity index (χ3n) is 7.08. The van der Waals surface area contributed by atoms with Crippen LogP contribution in [-0.2, 0) is 11.4 Å². The Morgan fingerprint density at radius 2 is 1.88 bits per heavy atom. The van der Waals surface area contributed by atoms with Crippen molar-refractivity contribution in [3.8, 4) is 5.75 Å². The van der Waals surface area contributed by atoms with Crippen LogP contribution in [0.4, 0.5) is 0 Å². The van der Waals surface area contributed by atoms with Gasteiger partial charge < -0.3 is 26.5 Å². The zero-order valence-electron chi connectivity index (χ0n) is 22.1. The molecule has 1 heterocycles. The van der Waals surface area contributed by atoms with E-state index in [9.17, 15) is 9.59 Å². The average Bonchev–Trinajstić information content (AvgIpc) is 3.77. The molecular weight excluding hydrogens is 528 g/mol. The predicted molar refractivity (Wildman–Crippen MR) is 155 cm³/mol. The van der Waals surface area contributed by atoms with Crippen LogP contribution in [0.25, 0.3) is 0 Å². The van der Waals surface area contributed by atoms with Crippen molar-refractivity contribution in [3.63, 3.8) is 0 Å². The third-order valence-corrected chi connectivity index (χ3v) is 7.37. The summed E-state index contributed by atoms with van der Waals surface area (Å²) in [5.41, 5.74) is 9.05. The van der Waals surface area contributed by atoms with Crippen LogP contribution in [-0.4, -0.2) is 41.0 Å². The summed E-state index contributed by atoms with van der Waals surface area (Å²) < 4.78 is 5.89. The van der Waals surface area contributed by atoms with Gasteiger partial charge >= 0.3 is 0 Å². The molecule has 0 radical (unpaired) electrons. The van der Waals surface area contributed by atoms with Crippen LogP contribution < -0.4 is 21.6 Å². The Labute approximate surface area is 237 Å². The van der Waals surface area contributed by atoms with E-state index in [0.29, 0.717) is 40.1 Å². The lowest BCUT2D eigenvalue weighted by Gasteiger charge is -2.31. The molecule has 2 amide bonds. The van der Waals surface area contributed by atoms with E-state index in [4.69, 9.17) is 32.9 Å². The molecule has 1 aliphatic heterocycles. The third kappa shape index (κ3) is 5.94. The largest absolute Gasteiger partial charge is 0.487 e. The molecular formula is C30H31ClN6O3. The Morgan fingerprint density at radius 1 is 1.15 bits per heavy atom. The summed E-state index contributed by atoms with van der Waals surface area (Å²) in [7, 11) is 0. The smallest absolute Gasteiger partial charge is 0.274 e. The van der Waals surface area contributed by atoms with Crippen molar-refractivity contribution < 1.29 is 14.3 Å².